The zero-order chi connectivity index (χ0) is 17.2. The van der Waals surface area contributed by atoms with E-state index in [4.69, 9.17) is 5.11 Å². The lowest BCUT2D eigenvalue weighted by atomic mass is 10.1. The number of alkyl halides is 3. The van der Waals surface area contributed by atoms with Gasteiger partial charge in [0.25, 0.3) is 11.3 Å². The average molecular weight is 365 g/mol. The van der Waals surface area contributed by atoms with Crippen LogP contribution in [0.25, 0.3) is 0 Å². The molecule has 1 aromatic rings. The standard InChI is InChI=1S/C13H10F3NO4S2/c14-13(15,16)8-1-2-10(12(18)19)11(7-8)17(23(20)21)9-3-5-22-6-4-9/h1-5,7H,6H2,(H,18,19)(H,20,21). The second-order valence-corrected chi connectivity index (χ2v) is 6.09. The molecule has 0 saturated heterocycles. The highest BCUT2D eigenvalue weighted by molar-refractivity contribution is 8.02. The van der Waals surface area contributed by atoms with Crippen LogP contribution in [0.4, 0.5) is 18.9 Å². The lowest BCUT2D eigenvalue weighted by molar-refractivity contribution is -0.137. The molecule has 0 fully saturated rings. The number of hydrogen-bond acceptors (Lipinski definition) is 3. The lowest BCUT2D eigenvalue weighted by Gasteiger charge is -2.24. The predicted octanol–water partition coefficient (Wildman–Crippen LogP) is 3.49. The summed E-state index contributed by atoms with van der Waals surface area (Å²) in [4.78, 5) is 11.3. The monoisotopic (exact) mass is 365 g/mol. The summed E-state index contributed by atoms with van der Waals surface area (Å²) in [6.07, 6.45) is -1.76. The Bertz CT molecular complexity index is 716. The van der Waals surface area contributed by atoms with Crippen LogP contribution in [0.3, 0.4) is 0 Å². The number of halogens is 3. The average Bonchev–Trinajstić information content (AvgIpc) is 2.47. The highest BCUT2D eigenvalue weighted by atomic mass is 32.2. The van der Waals surface area contributed by atoms with Gasteiger partial charge in [0.2, 0.25) is 0 Å². The Balaban J connectivity index is 2.65. The van der Waals surface area contributed by atoms with Crippen molar-refractivity contribution < 1.29 is 31.8 Å². The van der Waals surface area contributed by atoms with Crippen molar-refractivity contribution in [2.24, 2.45) is 0 Å². The Morgan fingerprint density at radius 3 is 2.52 bits per heavy atom. The van der Waals surface area contributed by atoms with Gasteiger partial charge >= 0.3 is 12.1 Å². The third-order valence-electron chi connectivity index (χ3n) is 2.89. The Labute approximate surface area is 135 Å². The molecule has 1 aliphatic rings. The van der Waals surface area contributed by atoms with Crippen molar-refractivity contribution in [3.05, 3.63) is 52.6 Å². The van der Waals surface area contributed by atoms with Crippen LogP contribution in [-0.2, 0) is 17.4 Å². The van der Waals surface area contributed by atoms with Crippen LogP contribution in [0.2, 0.25) is 0 Å². The number of rotatable bonds is 4. The Morgan fingerprint density at radius 2 is 2.04 bits per heavy atom. The molecule has 23 heavy (non-hydrogen) atoms. The summed E-state index contributed by atoms with van der Waals surface area (Å²) in [5.41, 5.74) is -1.97. The fraction of sp³-hybridized carbons (Fsp3) is 0.154. The first-order valence-electron chi connectivity index (χ1n) is 6.06. The van der Waals surface area contributed by atoms with Crippen molar-refractivity contribution in [3.8, 4) is 0 Å². The number of thioether (sulfide) groups is 1. The minimum atomic E-state index is -4.71. The van der Waals surface area contributed by atoms with Gasteiger partial charge in [0.05, 0.1) is 22.5 Å². The van der Waals surface area contributed by atoms with Gasteiger partial charge in [-0.15, -0.1) is 11.8 Å². The summed E-state index contributed by atoms with van der Waals surface area (Å²) < 4.78 is 60.3. The number of hydrogen-bond donors (Lipinski definition) is 2. The Morgan fingerprint density at radius 1 is 1.35 bits per heavy atom. The number of allylic oxidation sites excluding steroid dienone is 1. The maximum absolute atomic E-state index is 12.9. The number of carboxylic acid groups (broad SMARTS) is 1. The first-order valence-corrected chi connectivity index (χ1v) is 8.17. The van der Waals surface area contributed by atoms with Crippen molar-refractivity contribution in [1.82, 2.24) is 0 Å². The van der Waals surface area contributed by atoms with Crippen molar-refractivity contribution in [2.75, 3.05) is 10.1 Å². The first-order chi connectivity index (χ1) is 10.7. The molecule has 124 valence electrons. The Hall–Kier alpha value is -1.78. The summed E-state index contributed by atoms with van der Waals surface area (Å²) in [7, 11) is 0. The molecule has 2 N–H and O–H groups in total. The smallest absolute Gasteiger partial charge is 0.416 e. The molecule has 0 aliphatic carbocycles. The number of carboxylic acids is 1. The quantitative estimate of drug-likeness (QED) is 0.799. The summed E-state index contributed by atoms with van der Waals surface area (Å²) in [5.74, 6) is -1.06. The van der Waals surface area contributed by atoms with E-state index in [2.05, 4.69) is 0 Å². The fourth-order valence-corrected chi connectivity index (χ4v) is 3.14. The van der Waals surface area contributed by atoms with Gasteiger partial charge in [0.15, 0.2) is 0 Å². The molecule has 1 aromatic carbocycles. The number of anilines is 1. The largest absolute Gasteiger partial charge is 0.478 e. The van der Waals surface area contributed by atoms with E-state index in [-0.39, 0.29) is 5.70 Å². The third-order valence-corrected chi connectivity index (χ3v) is 4.30. The van der Waals surface area contributed by atoms with E-state index in [1.165, 1.54) is 23.9 Å². The van der Waals surface area contributed by atoms with Crippen LogP contribution in [0.5, 0.6) is 0 Å². The summed E-state index contributed by atoms with van der Waals surface area (Å²) >= 11 is -1.36. The van der Waals surface area contributed by atoms with Gasteiger partial charge in [-0.2, -0.15) is 13.2 Å². The van der Waals surface area contributed by atoms with Crippen LogP contribution in [-0.4, -0.2) is 25.6 Å². The number of carbonyl (C=O) groups is 1. The van der Waals surface area contributed by atoms with E-state index < -0.39 is 40.2 Å². The summed E-state index contributed by atoms with van der Waals surface area (Å²) in [6, 6.07) is 1.93. The van der Waals surface area contributed by atoms with Gasteiger partial charge in [0, 0.05) is 5.75 Å². The normalized spacial score (nSPS) is 15.9. The van der Waals surface area contributed by atoms with Gasteiger partial charge in [0.1, 0.15) is 0 Å². The number of nitrogens with zero attached hydrogens (tertiary/aromatic N) is 1. The second-order valence-electron chi connectivity index (χ2n) is 4.33. The van der Waals surface area contributed by atoms with Gasteiger partial charge in [-0.25, -0.2) is 13.3 Å². The minimum absolute atomic E-state index is 0.145. The van der Waals surface area contributed by atoms with Gasteiger partial charge < -0.3 is 5.11 Å². The molecule has 5 nitrogen and oxygen atoms in total. The minimum Gasteiger partial charge on any atom is -0.478 e. The SMILES string of the molecule is O=C(O)c1ccc(C(F)(F)F)cc1N(C1=CCSC=C1)S(=O)O. The molecule has 1 unspecified atom stereocenters. The van der Waals surface area contributed by atoms with E-state index in [0.717, 1.165) is 6.07 Å². The molecule has 0 spiro atoms. The molecule has 1 heterocycles. The highest BCUT2D eigenvalue weighted by Crippen LogP contribution is 2.36. The highest BCUT2D eigenvalue weighted by Gasteiger charge is 2.33. The van der Waals surface area contributed by atoms with Crippen molar-refractivity contribution in [2.45, 2.75) is 6.18 Å². The van der Waals surface area contributed by atoms with Crippen molar-refractivity contribution in [1.29, 1.82) is 0 Å². The van der Waals surface area contributed by atoms with Crippen LogP contribution in [0, 0.1) is 0 Å². The molecule has 0 amide bonds. The first kappa shape index (κ1) is 17.6. The molecular formula is C13H10F3NO4S2. The Kier molecular flexibility index (Phi) is 5.17. The van der Waals surface area contributed by atoms with Crippen LogP contribution >= 0.6 is 11.8 Å². The second kappa shape index (κ2) is 6.77. The molecule has 10 heteroatoms. The van der Waals surface area contributed by atoms with Crippen LogP contribution < -0.4 is 4.31 Å². The van der Waals surface area contributed by atoms with Crippen molar-refractivity contribution >= 4 is 34.7 Å². The maximum atomic E-state index is 12.9. The van der Waals surface area contributed by atoms with Crippen LogP contribution in [0.15, 0.2) is 41.5 Å². The zero-order valence-electron chi connectivity index (χ0n) is 11.3. The summed E-state index contributed by atoms with van der Waals surface area (Å²) in [5, 5.41) is 10.8. The predicted molar refractivity (Wildman–Crippen MR) is 81.3 cm³/mol. The third kappa shape index (κ3) is 3.95. The zero-order valence-corrected chi connectivity index (χ0v) is 12.9. The van der Waals surface area contributed by atoms with Crippen LogP contribution in [0.1, 0.15) is 15.9 Å². The lowest BCUT2D eigenvalue weighted by Crippen LogP contribution is -2.27. The van der Waals surface area contributed by atoms with E-state index in [1.807, 2.05) is 0 Å². The van der Waals surface area contributed by atoms with E-state index in [0.29, 0.717) is 22.2 Å². The molecule has 0 bridgehead atoms. The van der Waals surface area contributed by atoms with Gasteiger partial charge in [-0.3, -0.25) is 4.55 Å². The molecule has 0 radical (unpaired) electrons. The van der Waals surface area contributed by atoms with E-state index >= 15 is 0 Å². The number of benzene rings is 1. The van der Waals surface area contributed by atoms with E-state index in [1.54, 1.807) is 5.41 Å². The molecule has 0 saturated carbocycles. The van der Waals surface area contributed by atoms with E-state index in [9.17, 15) is 26.7 Å². The molecule has 0 aromatic heterocycles. The summed E-state index contributed by atoms with van der Waals surface area (Å²) in [6.45, 7) is 0. The molecule has 1 aliphatic heterocycles. The van der Waals surface area contributed by atoms with Gasteiger partial charge in [-0.1, -0.05) is 0 Å². The number of aromatic carboxylic acids is 1. The molecule has 2 rings (SSSR count). The topological polar surface area (TPSA) is 77.8 Å². The molecular weight excluding hydrogens is 355 g/mol. The van der Waals surface area contributed by atoms with Crippen molar-refractivity contribution in [3.63, 3.8) is 0 Å². The van der Waals surface area contributed by atoms with Gasteiger partial charge in [-0.05, 0) is 35.8 Å². The maximum Gasteiger partial charge on any atom is 0.416 e. The molecule has 1 atom stereocenters. The fourth-order valence-electron chi connectivity index (χ4n) is 1.90.